The summed E-state index contributed by atoms with van der Waals surface area (Å²) in [6.45, 7) is 1.74. The topological polar surface area (TPSA) is 26.3 Å². The van der Waals surface area contributed by atoms with E-state index in [2.05, 4.69) is 4.74 Å². The van der Waals surface area contributed by atoms with Crippen molar-refractivity contribution in [2.75, 3.05) is 0 Å². The average Bonchev–Trinajstić information content (AvgIpc) is 2.56. The molecule has 0 aliphatic heterocycles. The van der Waals surface area contributed by atoms with E-state index in [0.717, 1.165) is 13.8 Å². The number of carbonyl (C=O) groups is 1. The first-order valence-electron chi connectivity index (χ1n) is 7.72. The van der Waals surface area contributed by atoms with Crippen molar-refractivity contribution in [2.24, 2.45) is 0 Å². The van der Waals surface area contributed by atoms with Crippen LogP contribution >= 0.6 is 0 Å². The molecule has 0 fully saturated rings. The molecule has 19 heteroatoms. The first-order valence-corrected chi connectivity index (χ1v) is 7.72. The van der Waals surface area contributed by atoms with Crippen molar-refractivity contribution in [3.05, 3.63) is 11.7 Å². The maximum absolute atomic E-state index is 13.7. The highest BCUT2D eigenvalue weighted by atomic mass is 19.4. The lowest BCUT2D eigenvalue weighted by Gasteiger charge is -2.41. The third-order valence-electron chi connectivity index (χ3n) is 3.61. The van der Waals surface area contributed by atoms with Gasteiger partial charge in [-0.2, -0.15) is 74.6 Å². The molecule has 196 valence electrons. The summed E-state index contributed by atoms with van der Waals surface area (Å²) in [6, 6.07) is 0. The zero-order valence-corrected chi connectivity index (χ0v) is 15.5. The van der Waals surface area contributed by atoms with E-state index in [1.54, 1.807) is 0 Å². The minimum atomic E-state index is -8.55. The standard InChI is InChI=1S/C14H9F17O2/c1-4(2)33-7(32)5(6(15)16)3-8(17,18)9(19,20)10(21,22)11(23,24)12(25,26)13(27,28)14(29,30)31/h4H,3H2,1-2H3. The second kappa shape index (κ2) is 8.66. The minimum absolute atomic E-state index is 0.871. The Balaban J connectivity index is 6.59. The van der Waals surface area contributed by atoms with Crippen LogP contribution in [-0.4, -0.2) is 53.8 Å². The summed E-state index contributed by atoms with van der Waals surface area (Å²) in [5.74, 6) is -51.2. The van der Waals surface area contributed by atoms with Gasteiger partial charge in [-0.15, -0.1) is 0 Å². The van der Waals surface area contributed by atoms with Crippen molar-refractivity contribution >= 4 is 5.97 Å². The SMILES string of the molecule is CC(C)OC(=O)C(CC(F)(F)C(F)(F)C(F)(F)C(F)(F)C(F)(F)C(F)(F)C(F)(F)F)=C(F)F. The predicted octanol–water partition coefficient (Wildman–Crippen LogP) is 6.85. The maximum atomic E-state index is 13.7. The minimum Gasteiger partial charge on any atom is -0.459 e. The quantitative estimate of drug-likeness (QED) is 0.185. The van der Waals surface area contributed by atoms with E-state index in [4.69, 9.17) is 0 Å². The molecule has 0 unspecified atom stereocenters. The summed E-state index contributed by atoms with van der Waals surface area (Å²) in [5.41, 5.74) is -2.83. The molecular formula is C14H9F17O2. The molecule has 0 N–H and O–H groups in total. The summed E-state index contributed by atoms with van der Waals surface area (Å²) in [7, 11) is 0. The molecule has 0 spiro atoms. The van der Waals surface area contributed by atoms with E-state index in [1.165, 1.54) is 0 Å². The number of hydrogen-bond acceptors (Lipinski definition) is 2. The number of alkyl halides is 15. The van der Waals surface area contributed by atoms with Gasteiger partial charge in [0.05, 0.1) is 12.5 Å². The second-order valence-electron chi connectivity index (χ2n) is 6.44. The fraction of sp³-hybridized carbons (Fsp3) is 0.786. The van der Waals surface area contributed by atoms with Crippen LogP contribution in [0.5, 0.6) is 0 Å². The molecule has 0 saturated carbocycles. The number of ether oxygens (including phenoxy) is 1. The van der Waals surface area contributed by atoms with Gasteiger partial charge in [-0.1, -0.05) is 0 Å². The molecule has 0 aliphatic carbocycles. The Labute approximate surface area is 171 Å². The monoisotopic (exact) mass is 532 g/mol. The smallest absolute Gasteiger partial charge is 0.459 e. The van der Waals surface area contributed by atoms with Crippen LogP contribution < -0.4 is 0 Å². The number of carbonyl (C=O) groups excluding carboxylic acids is 1. The van der Waals surface area contributed by atoms with Crippen molar-refractivity contribution in [3.63, 3.8) is 0 Å². The number of halogens is 17. The van der Waals surface area contributed by atoms with Crippen LogP contribution in [0.3, 0.4) is 0 Å². The molecule has 0 aromatic rings. The summed E-state index contributed by atoms with van der Waals surface area (Å²) in [4.78, 5) is 11.2. The summed E-state index contributed by atoms with van der Waals surface area (Å²) in [6.07, 6.45) is -16.4. The lowest BCUT2D eigenvalue weighted by atomic mass is 9.89. The molecule has 0 heterocycles. The Bertz CT molecular complexity index is 758. The fourth-order valence-corrected chi connectivity index (χ4v) is 1.83. The molecule has 0 saturated heterocycles. The summed E-state index contributed by atoms with van der Waals surface area (Å²) < 4.78 is 225. The van der Waals surface area contributed by atoms with Gasteiger partial charge < -0.3 is 4.74 Å². The van der Waals surface area contributed by atoms with Crippen molar-refractivity contribution in [1.82, 2.24) is 0 Å². The maximum Gasteiger partial charge on any atom is 0.460 e. The van der Waals surface area contributed by atoms with Gasteiger partial charge in [0.2, 0.25) is 0 Å². The lowest BCUT2D eigenvalue weighted by Crippen LogP contribution is -2.72. The Morgan fingerprint density at radius 3 is 1.27 bits per heavy atom. The zero-order valence-electron chi connectivity index (χ0n) is 15.5. The first kappa shape index (κ1) is 31.0. The number of rotatable bonds is 9. The third kappa shape index (κ3) is 4.95. The highest BCUT2D eigenvalue weighted by Crippen LogP contribution is 2.62. The molecule has 2 nitrogen and oxygen atoms in total. The molecule has 0 aromatic carbocycles. The van der Waals surface area contributed by atoms with E-state index >= 15 is 0 Å². The highest BCUT2D eigenvalue weighted by molar-refractivity contribution is 5.89. The van der Waals surface area contributed by atoms with Gasteiger partial charge in [0.15, 0.2) is 0 Å². The number of hydrogen-bond donors (Lipinski definition) is 0. The van der Waals surface area contributed by atoms with E-state index in [9.17, 15) is 79.4 Å². The van der Waals surface area contributed by atoms with Gasteiger partial charge in [0.1, 0.15) is 5.57 Å². The van der Waals surface area contributed by atoms with E-state index in [-0.39, 0.29) is 0 Å². The second-order valence-corrected chi connectivity index (χ2v) is 6.44. The molecule has 0 atom stereocenters. The highest BCUT2D eigenvalue weighted by Gasteiger charge is 2.93. The van der Waals surface area contributed by atoms with Crippen LogP contribution in [0.4, 0.5) is 74.6 Å². The van der Waals surface area contributed by atoms with Crippen molar-refractivity contribution in [1.29, 1.82) is 0 Å². The van der Waals surface area contributed by atoms with E-state index < -0.39 is 71.9 Å². The first-order chi connectivity index (χ1) is 14.1. The van der Waals surface area contributed by atoms with Gasteiger partial charge >= 0.3 is 47.7 Å². The Kier molecular flexibility index (Phi) is 8.14. The normalized spacial score (nSPS) is 15.0. The Hall–Kier alpha value is -1.98. The van der Waals surface area contributed by atoms with E-state index in [0.29, 0.717) is 0 Å². The van der Waals surface area contributed by atoms with Crippen molar-refractivity contribution in [2.45, 2.75) is 68.1 Å². The number of esters is 1. The molecule has 33 heavy (non-hydrogen) atoms. The molecule has 0 bridgehead atoms. The van der Waals surface area contributed by atoms with Crippen LogP contribution in [0.15, 0.2) is 11.7 Å². The van der Waals surface area contributed by atoms with Crippen LogP contribution in [0, 0.1) is 0 Å². The molecular weight excluding hydrogens is 523 g/mol. The van der Waals surface area contributed by atoms with Crippen LogP contribution in [0.1, 0.15) is 20.3 Å². The molecule has 0 aromatic heterocycles. The molecule has 0 aliphatic rings. The van der Waals surface area contributed by atoms with Gasteiger partial charge in [-0.3, -0.25) is 0 Å². The summed E-state index contributed by atoms with van der Waals surface area (Å²) in [5, 5.41) is 0. The lowest BCUT2D eigenvalue weighted by molar-refractivity contribution is -0.452. The zero-order chi connectivity index (χ0) is 27.2. The van der Waals surface area contributed by atoms with Gasteiger partial charge in [-0.05, 0) is 13.8 Å². The predicted molar refractivity (Wildman–Crippen MR) is 70.8 cm³/mol. The van der Waals surface area contributed by atoms with Crippen molar-refractivity contribution < 1.29 is 84.2 Å². The molecule has 0 amide bonds. The fourth-order valence-electron chi connectivity index (χ4n) is 1.83. The van der Waals surface area contributed by atoms with Gasteiger partial charge in [0.25, 0.3) is 6.08 Å². The van der Waals surface area contributed by atoms with E-state index in [1.807, 2.05) is 0 Å². The van der Waals surface area contributed by atoms with Crippen LogP contribution in [0.2, 0.25) is 0 Å². The summed E-state index contributed by atoms with van der Waals surface area (Å²) >= 11 is 0. The largest absolute Gasteiger partial charge is 0.460 e. The molecule has 0 radical (unpaired) electrons. The van der Waals surface area contributed by atoms with Gasteiger partial charge in [0, 0.05) is 0 Å². The average molecular weight is 532 g/mol. The van der Waals surface area contributed by atoms with Crippen LogP contribution in [-0.2, 0) is 9.53 Å². The van der Waals surface area contributed by atoms with Gasteiger partial charge in [-0.25, -0.2) is 4.79 Å². The van der Waals surface area contributed by atoms with Crippen molar-refractivity contribution in [3.8, 4) is 0 Å². The van der Waals surface area contributed by atoms with Crippen LogP contribution in [0.25, 0.3) is 0 Å². The third-order valence-corrected chi connectivity index (χ3v) is 3.61. The Morgan fingerprint density at radius 1 is 0.636 bits per heavy atom. The molecule has 0 rings (SSSR count). The Morgan fingerprint density at radius 2 is 0.970 bits per heavy atom.